The van der Waals surface area contributed by atoms with Gasteiger partial charge in [-0.2, -0.15) is 14.6 Å². The molecule has 4 heterocycles. The smallest absolute Gasteiger partial charge is 0.258 e. The summed E-state index contributed by atoms with van der Waals surface area (Å²) in [4.78, 5) is 14.6. The van der Waals surface area contributed by atoms with E-state index in [4.69, 9.17) is 5.14 Å². The summed E-state index contributed by atoms with van der Waals surface area (Å²) in [6, 6.07) is 2.03. The lowest BCUT2D eigenvalue weighted by atomic mass is 10.2. The molecule has 4 aromatic heterocycles. The van der Waals surface area contributed by atoms with Gasteiger partial charge in [-0.25, -0.2) is 28.2 Å². The summed E-state index contributed by atoms with van der Waals surface area (Å²) in [6.45, 7) is 11.0. The summed E-state index contributed by atoms with van der Waals surface area (Å²) in [7, 11) is -4.41. The van der Waals surface area contributed by atoms with Crippen molar-refractivity contribution in [1.29, 1.82) is 5.26 Å². The molecular formula is C20H19N13O2S3. The van der Waals surface area contributed by atoms with Crippen LogP contribution in [-0.4, -0.2) is 54.3 Å². The number of nitrogens with zero attached hydrogens (tertiary/aromatic N) is 12. The maximum Gasteiger partial charge on any atom is 0.258 e. The van der Waals surface area contributed by atoms with Crippen molar-refractivity contribution >= 4 is 55.5 Å². The molecule has 0 aromatic carbocycles. The maximum atomic E-state index is 12.6. The third-order valence-electron chi connectivity index (χ3n) is 4.80. The first-order valence-corrected chi connectivity index (χ1v) is 13.8. The fraction of sp³-hybridized carbons (Fsp3) is 0.200. The van der Waals surface area contributed by atoms with Crippen molar-refractivity contribution in [2.75, 3.05) is 11.4 Å². The van der Waals surface area contributed by atoms with Crippen LogP contribution in [0.5, 0.6) is 0 Å². The lowest BCUT2D eigenvalue weighted by Crippen LogP contribution is -2.23. The molecule has 0 saturated carbocycles. The van der Waals surface area contributed by atoms with Crippen LogP contribution in [0.15, 0.2) is 46.1 Å². The summed E-state index contributed by atoms with van der Waals surface area (Å²) in [5.41, 5.74) is 2.05. The Hall–Kier alpha value is -4.31. The summed E-state index contributed by atoms with van der Waals surface area (Å²) >= 11 is 2.30. The first kappa shape index (κ1) is 26.7. The second-order valence-corrected chi connectivity index (χ2v) is 10.4. The molecule has 0 atom stereocenters. The van der Waals surface area contributed by atoms with E-state index in [2.05, 4.69) is 58.0 Å². The Morgan fingerprint density at radius 3 is 2.61 bits per heavy atom. The summed E-state index contributed by atoms with van der Waals surface area (Å²) in [6.07, 6.45) is 3.20. The fourth-order valence-electron chi connectivity index (χ4n) is 3.17. The van der Waals surface area contributed by atoms with Gasteiger partial charge in [0, 0.05) is 24.5 Å². The van der Waals surface area contributed by atoms with E-state index in [1.807, 2.05) is 6.07 Å². The second kappa shape index (κ2) is 11.0. The SMILES string of the molecule is C=CCc1nc(N(CC=C)c2nc(C)ns2)nc(S(N)(=O)=O)c1N=Nc1nn(-c2nncs2)c(C)c1C#N. The molecule has 0 amide bonds. The first-order chi connectivity index (χ1) is 18.2. The van der Waals surface area contributed by atoms with E-state index < -0.39 is 15.0 Å². The molecule has 18 heteroatoms. The number of azo groups is 1. The Balaban J connectivity index is 1.89. The van der Waals surface area contributed by atoms with E-state index in [-0.39, 0.29) is 41.7 Å². The molecule has 0 aliphatic carbocycles. The highest BCUT2D eigenvalue weighted by Crippen LogP contribution is 2.33. The van der Waals surface area contributed by atoms with Gasteiger partial charge in [-0.15, -0.1) is 38.7 Å². The quantitative estimate of drug-likeness (QED) is 0.167. The zero-order valence-corrected chi connectivity index (χ0v) is 22.5. The summed E-state index contributed by atoms with van der Waals surface area (Å²) in [5.74, 6) is 0.459. The number of hydrogen-bond acceptors (Lipinski definition) is 15. The van der Waals surface area contributed by atoms with E-state index in [1.54, 1.807) is 24.8 Å². The number of allylic oxidation sites excluding steroid dienone is 1. The van der Waals surface area contributed by atoms with Gasteiger partial charge in [0.2, 0.25) is 27.1 Å². The summed E-state index contributed by atoms with van der Waals surface area (Å²) in [5, 5.41) is 35.7. The largest absolute Gasteiger partial charge is 0.281 e. The molecule has 0 saturated heterocycles. The molecule has 0 aliphatic rings. The highest BCUT2D eigenvalue weighted by atomic mass is 32.2. The van der Waals surface area contributed by atoms with Gasteiger partial charge in [0.05, 0.1) is 11.4 Å². The van der Waals surface area contributed by atoms with Crippen LogP contribution in [0, 0.1) is 25.2 Å². The van der Waals surface area contributed by atoms with Crippen molar-refractivity contribution < 1.29 is 8.42 Å². The van der Waals surface area contributed by atoms with Gasteiger partial charge < -0.3 is 0 Å². The minimum absolute atomic E-state index is 0.00465. The molecule has 2 N–H and O–H groups in total. The zero-order chi connectivity index (χ0) is 27.4. The van der Waals surface area contributed by atoms with Gasteiger partial charge in [-0.3, -0.25) is 4.90 Å². The molecule has 0 spiro atoms. The maximum absolute atomic E-state index is 12.6. The molecule has 194 valence electrons. The van der Waals surface area contributed by atoms with Gasteiger partial charge in [-0.1, -0.05) is 23.5 Å². The molecule has 0 unspecified atom stereocenters. The van der Waals surface area contributed by atoms with Crippen LogP contribution < -0.4 is 10.0 Å². The van der Waals surface area contributed by atoms with Crippen LogP contribution in [0.25, 0.3) is 5.13 Å². The minimum atomic E-state index is -4.41. The average molecular weight is 570 g/mol. The Morgan fingerprint density at radius 2 is 2.03 bits per heavy atom. The van der Waals surface area contributed by atoms with Crippen molar-refractivity contribution in [3.05, 3.63) is 53.6 Å². The van der Waals surface area contributed by atoms with Gasteiger partial charge >= 0.3 is 0 Å². The third kappa shape index (κ3) is 5.35. The highest BCUT2D eigenvalue weighted by Gasteiger charge is 2.26. The molecular weight excluding hydrogens is 551 g/mol. The minimum Gasteiger partial charge on any atom is -0.281 e. The fourth-order valence-corrected chi connectivity index (χ4v) is 5.05. The van der Waals surface area contributed by atoms with Crippen LogP contribution in [0.2, 0.25) is 0 Å². The van der Waals surface area contributed by atoms with E-state index in [0.29, 0.717) is 21.8 Å². The molecule has 0 radical (unpaired) electrons. The average Bonchev–Trinajstić information content (AvgIpc) is 3.61. The number of nitrogens with two attached hydrogens (primary N) is 1. The Kier molecular flexibility index (Phi) is 7.72. The monoisotopic (exact) mass is 569 g/mol. The number of rotatable bonds is 10. The van der Waals surface area contributed by atoms with Gasteiger partial charge in [0.15, 0.2) is 0 Å². The van der Waals surface area contributed by atoms with Crippen LogP contribution in [0.3, 0.4) is 0 Å². The number of primary sulfonamides is 1. The van der Waals surface area contributed by atoms with Crippen molar-refractivity contribution in [3.8, 4) is 11.2 Å². The topological polar surface area (TPSA) is 207 Å². The first-order valence-electron chi connectivity index (χ1n) is 10.6. The lowest BCUT2D eigenvalue weighted by molar-refractivity contribution is 0.593. The lowest BCUT2D eigenvalue weighted by Gasteiger charge is -2.19. The second-order valence-electron chi connectivity index (χ2n) is 7.41. The Bertz CT molecular complexity index is 1680. The Labute approximate surface area is 225 Å². The van der Waals surface area contributed by atoms with Crippen LogP contribution in [0.1, 0.15) is 22.8 Å². The van der Waals surface area contributed by atoms with E-state index in [9.17, 15) is 13.7 Å². The number of aryl methyl sites for hydroxylation is 1. The van der Waals surface area contributed by atoms with Crippen LogP contribution in [-0.2, 0) is 16.4 Å². The summed E-state index contributed by atoms with van der Waals surface area (Å²) < 4.78 is 30.8. The predicted octanol–water partition coefficient (Wildman–Crippen LogP) is 2.97. The van der Waals surface area contributed by atoms with Gasteiger partial charge in [0.1, 0.15) is 28.7 Å². The van der Waals surface area contributed by atoms with Crippen molar-refractivity contribution in [2.45, 2.75) is 25.3 Å². The third-order valence-corrected chi connectivity index (χ3v) is 7.12. The number of aromatic nitrogens is 8. The normalized spacial score (nSPS) is 11.5. The van der Waals surface area contributed by atoms with E-state index in [1.165, 1.54) is 27.6 Å². The molecule has 0 aliphatic heterocycles. The number of nitriles is 1. The number of anilines is 2. The highest BCUT2D eigenvalue weighted by molar-refractivity contribution is 7.89. The van der Waals surface area contributed by atoms with Crippen LogP contribution in [0.4, 0.5) is 22.6 Å². The van der Waals surface area contributed by atoms with Crippen molar-refractivity contribution in [2.24, 2.45) is 15.4 Å². The zero-order valence-electron chi connectivity index (χ0n) is 20.0. The Morgan fingerprint density at radius 1 is 1.24 bits per heavy atom. The molecule has 15 nitrogen and oxygen atoms in total. The van der Waals surface area contributed by atoms with E-state index in [0.717, 1.165) is 11.5 Å². The van der Waals surface area contributed by atoms with Crippen LogP contribution >= 0.6 is 22.9 Å². The molecule has 4 aromatic rings. The predicted molar refractivity (Wildman–Crippen MR) is 140 cm³/mol. The van der Waals surface area contributed by atoms with Crippen molar-refractivity contribution in [3.63, 3.8) is 0 Å². The molecule has 38 heavy (non-hydrogen) atoms. The van der Waals surface area contributed by atoms with Crippen molar-refractivity contribution in [1.82, 2.24) is 39.3 Å². The van der Waals surface area contributed by atoms with Gasteiger partial charge in [-0.05, 0) is 13.8 Å². The molecule has 0 bridgehead atoms. The number of hydrogen-bond donors (Lipinski definition) is 1. The van der Waals surface area contributed by atoms with Gasteiger partial charge in [0.25, 0.3) is 10.0 Å². The number of sulfonamides is 1. The van der Waals surface area contributed by atoms with E-state index >= 15 is 0 Å². The standard InChI is InChI=1S/C20H19N13O2S3/c1-5-7-14-15(27-28-16-13(9-21)11(3)33(30-16)20-29-23-10-36-20)17(38(22,34)35)26-18(25-14)32(8-6-2)19-24-12(4)31-37-19/h5-6,10H,1-2,7-8H2,3-4H3,(H2,22,34,35). The molecule has 0 fully saturated rings. The molecule has 4 rings (SSSR count).